The molecule has 17 nitrogen and oxygen atoms in total. The van der Waals surface area contributed by atoms with Gasteiger partial charge in [0.05, 0.1) is 115 Å². The molecule has 0 saturated heterocycles. The van der Waals surface area contributed by atoms with Gasteiger partial charge in [0.25, 0.3) is 5.91 Å². The van der Waals surface area contributed by atoms with E-state index in [0.717, 1.165) is 0 Å². The van der Waals surface area contributed by atoms with E-state index in [1.165, 1.54) is 0 Å². The minimum absolute atomic E-state index is 0.00156. The molecule has 0 aliphatic rings. The summed E-state index contributed by atoms with van der Waals surface area (Å²) in [4.78, 5) is 73.0. The Labute approximate surface area is 411 Å². The predicted molar refractivity (Wildman–Crippen MR) is 265 cm³/mol. The molecule has 2 aromatic rings. The molecule has 0 unspecified atom stereocenters. The van der Waals surface area contributed by atoms with Crippen molar-refractivity contribution in [3.05, 3.63) is 53.1 Å². The fraction of sp³-hybridized carbons (Fsp3) is 0.550. The van der Waals surface area contributed by atoms with E-state index in [0.29, 0.717) is 144 Å². The summed E-state index contributed by atoms with van der Waals surface area (Å²) < 4.78 is 39.7. The van der Waals surface area contributed by atoms with E-state index < -0.39 is 0 Å². The maximum atomic E-state index is 12.7. The second-order valence-corrected chi connectivity index (χ2v) is 15.6. The Morgan fingerprint density at radius 1 is 0.459 bits per heavy atom. The molecule has 0 atom stereocenters. The number of halogens is 4. The summed E-state index contributed by atoms with van der Waals surface area (Å²) in [6, 6.07) is 9.73. The predicted octanol–water partition coefficient (Wildman–Crippen LogP) is 4.86. The van der Waals surface area contributed by atoms with Crippen LogP contribution in [0.15, 0.2) is 36.4 Å². The molecule has 0 saturated carbocycles. The smallest absolute Gasteiger partial charge is 0.251 e. The molecule has 21 heteroatoms. The van der Waals surface area contributed by atoms with Crippen molar-refractivity contribution in [2.24, 2.45) is 0 Å². The molecule has 2 aromatic carbocycles. The molecule has 0 spiro atoms. The third-order valence-electron chi connectivity index (χ3n) is 7.89. The van der Waals surface area contributed by atoms with Crippen LogP contribution in [0.3, 0.4) is 0 Å². The molecule has 0 bridgehead atoms. The highest BCUT2D eigenvalue weighted by atomic mass is 127. The molecule has 0 aliphatic carbocycles. The average Bonchev–Trinajstić information content (AvgIpc) is 3.26. The highest BCUT2D eigenvalue weighted by Crippen LogP contribution is 2.25. The van der Waals surface area contributed by atoms with E-state index in [1.54, 1.807) is 36.4 Å². The summed E-state index contributed by atoms with van der Waals surface area (Å²) in [5, 5.41) is 11.0. The van der Waals surface area contributed by atoms with Crippen LogP contribution in [0.2, 0.25) is 0 Å². The number of anilines is 3. The SMILES string of the molecule is O=C(CI)Cc1cc(C(=O)NCCOCCOCCOCCOCCOCCOCCOCCCC(=O)c2ccc(NC(=O)CI)c(NC(=O)CI)c2)ccc1NC(=O)CI. The van der Waals surface area contributed by atoms with E-state index in [-0.39, 0.29) is 61.3 Å². The fourth-order valence-electron chi connectivity index (χ4n) is 4.98. The first-order valence-corrected chi connectivity index (χ1v) is 25.5. The summed E-state index contributed by atoms with van der Waals surface area (Å²) in [6.45, 7) is 5.91. The van der Waals surface area contributed by atoms with Crippen molar-refractivity contribution in [1.82, 2.24) is 5.32 Å². The number of carbonyl (C=O) groups excluding carboxylic acids is 6. The van der Waals surface area contributed by atoms with Crippen LogP contribution in [0.4, 0.5) is 17.1 Å². The molecule has 340 valence electrons. The molecule has 0 aromatic heterocycles. The highest BCUT2D eigenvalue weighted by Gasteiger charge is 2.15. The van der Waals surface area contributed by atoms with E-state index in [9.17, 15) is 28.8 Å². The molecule has 0 aliphatic heterocycles. The van der Waals surface area contributed by atoms with Crippen molar-refractivity contribution in [2.75, 3.05) is 133 Å². The number of nitrogens with one attached hydrogen (secondary N) is 4. The van der Waals surface area contributed by atoms with Crippen LogP contribution in [-0.2, 0) is 58.8 Å². The lowest BCUT2D eigenvalue weighted by Gasteiger charge is -2.13. The maximum Gasteiger partial charge on any atom is 0.251 e. The quantitative estimate of drug-likeness (QED) is 0.0311. The van der Waals surface area contributed by atoms with Crippen molar-refractivity contribution in [3.63, 3.8) is 0 Å². The van der Waals surface area contributed by atoms with Crippen LogP contribution in [0.5, 0.6) is 0 Å². The van der Waals surface area contributed by atoms with Gasteiger partial charge in [-0.15, -0.1) is 0 Å². The number of hydrogen-bond acceptors (Lipinski definition) is 13. The largest absolute Gasteiger partial charge is 0.379 e. The summed E-state index contributed by atoms with van der Waals surface area (Å²) in [5.74, 6) is -1.01. The molecular formula is C40H54I4N4O13. The van der Waals surface area contributed by atoms with E-state index in [2.05, 4.69) is 21.3 Å². The molecule has 61 heavy (non-hydrogen) atoms. The Balaban J connectivity index is 1.38. The Kier molecular flexibility index (Phi) is 32.4. The normalized spacial score (nSPS) is 11.0. The number of Topliss-reactive ketones (excluding diaryl/α,β-unsaturated/α-hetero) is 2. The summed E-state index contributed by atoms with van der Waals surface area (Å²) in [6.07, 6.45) is 0.928. The van der Waals surface area contributed by atoms with E-state index in [4.69, 9.17) is 33.2 Å². The van der Waals surface area contributed by atoms with Crippen molar-refractivity contribution >= 4 is 143 Å². The van der Waals surface area contributed by atoms with Crippen molar-refractivity contribution in [2.45, 2.75) is 19.3 Å². The van der Waals surface area contributed by atoms with Crippen LogP contribution in [0.25, 0.3) is 0 Å². The minimum atomic E-state index is -0.299. The number of ketones is 2. The second-order valence-electron chi connectivity index (χ2n) is 12.6. The standard InChI is InChI=1S/C40H54I4N4O13/c41-25-32(49)23-31-22-30(4-5-33(31)46-37(51)26-42)40(54)45-7-9-56-11-13-58-15-17-60-19-21-61-20-18-59-16-14-57-12-10-55-8-1-2-36(50)29-3-6-34(47-38(52)27-43)35(24-29)48-39(53)28-44/h3-6,22,24H,1-2,7-21,23,25-28H2,(H,45,54)(H,46,51)(H,47,52)(H,48,53). The second kappa shape index (κ2) is 35.6. The first-order chi connectivity index (χ1) is 29.6. The molecule has 4 amide bonds. The van der Waals surface area contributed by atoms with Crippen LogP contribution in [0.1, 0.15) is 39.1 Å². The number of hydrogen-bond donors (Lipinski definition) is 4. The zero-order chi connectivity index (χ0) is 44.5. The third-order valence-corrected chi connectivity index (χ3v) is 10.8. The van der Waals surface area contributed by atoms with Gasteiger partial charge in [-0.1, -0.05) is 90.4 Å². The van der Waals surface area contributed by atoms with Crippen molar-refractivity contribution in [1.29, 1.82) is 0 Å². The number of rotatable bonds is 36. The molecule has 4 N–H and O–H groups in total. The zero-order valence-corrected chi connectivity index (χ0v) is 42.5. The van der Waals surface area contributed by atoms with Gasteiger partial charge >= 0.3 is 0 Å². The number of carbonyl (C=O) groups is 6. The number of alkyl halides is 4. The van der Waals surface area contributed by atoms with Crippen molar-refractivity contribution in [3.8, 4) is 0 Å². The number of ether oxygens (including phenoxy) is 7. The molecule has 0 fully saturated rings. The van der Waals surface area contributed by atoms with Gasteiger partial charge in [0.15, 0.2) is 5.78 Å². The van der Waals surface area contributed by atoms with Gasteiger partial charge in [-0.05, 0) is 48.4 Å². The summed E-state index contributed by atoms with van der Waals surface area (Å²) >= 11 is 7.84. The minimum Gasteiger partial charge on any atom is -0.379 e. The van der Waals surface area contributed by atoms with Gasteiger partial charge in [-0.3, -0.25) is 28.8 Å². The lowest BCUT2D eigenvalue weighted by atomic mass is 10.0. The van der Waals surface area contributed by atoms with E-state index >= 15 is 0 Å². The van der Waals surface area contributed by atoms with Gasteiger partial charge in [-0.2, -0.15) is 0 Å². The Morgan fingerprint density at radius 3 is 1.38 bits per heavy atom. The number of benzene rings is 2. The average molecular weight is 1310 g/mol. The van der Waals surface area contributed by atoms with Crippen LogP contribution >= 0.6 is 90.4 Å². The third kappa shape index (κ3) is 26.0. The topological polar surface area (TPSA) is 215 Å². The summed E-state index contributed by atoms with van der Waals surface area (Å²) in [5.41, 5.74) is 2.80. The Morgan fingerprint density at radius 2 is 0.885 bits per heavy atom. The Bertz CT molecular complexity index is 1540. The zero-order valence-electron chi connectivity index (χ0n) is 33.8. The Hall–Kier alpha value is -1.70. The lowest BCUT2D eigenvalue weighted by molar-refractivity contribution is -0.116. The molecule has 0 heterocycles. The summed E-state index contributed by atoms with van der Waals surface area (Å²) in [7, 11) is 0. The first-order valence-electron chi connectivity index (χ1n) is 19.4. The number of amides is 4. The van der Waals surface area contributed by atoms with Gasteiger partial charge < -0.3 is 54.4 Å². The fourth-order valence-corrected chi connectivity index (χ4v) is 5.83. The monoisotopic (exact) mass is 1310 g/mol. The van der Waals surface area contributed by atoms with Crippen molar-refractivity contribution < 1.29 is 61.9 Å². The van der Waals surface area contributed by atoms with Crippen LogP contribution in [0, 0.1) is 0 Å². The van der Waals surface area contributed by atoms with Gasteiger partial charge in [0, 0.05) is 42.8 Å². The van der Waals surface area contributed by atoms with Crippen LogP contribution < -0.4 is 21.3 Å². The van der Waals surface area contributed by atoms with Gasteiger partial charge in [0.1, 0.15) is 5.78 Å². The molecule has 0 radical (unpaired) electrons. The maximum absolute atomic E-state index is 12.7. The van der Waals surface area contributed by atoms with Crippen LogP contribution in [-0.4, -0.2) is 152 Å². The highest BCUT2D eigenvalue weighted by molar-refractivity contribution is 14.1. The van der Waals surface area contributed by atoms with Gasteiger partial charge in [-0.25, -0.2) is 0 Å². The molecular weight excluding hydrogens is 1250 g/mol. The van der Waals surface area contributed by atoms with E-state index in [1.807, 2.05) is 90.4 Å². The lowest BCUT2D eigenvalue weighted by Crippen LogP contribution is -2.28. The van der Waals surface area contributed by atoms with Gasteiger partial charge in [0.2, 0.25) is 17.7 Å². The molecule has 2 rings (SSSR count). The first kappa shape index (κ1) is 55.4.